The van der Waals surface area contributed by atoms with Gasteiger partial charge in [0, 0.05) is 14.9 Å². The van der Waals surface area contributed by atoms with Gasteiger partial charge in [-0.15, -0.1) is 11.3 Å². The van der Waals surface area contributed by atoms with Crippen LogP contribution in [0.2, 0.25) is 0 Å². The van der Waals surface area contributed by atoms with Crippen molar-refractivity contribution in [1.82, 2.24) is 5.32 Å². The summed E-state index contributed by atoms with van der Waals surface area (Å²) in [5, 5.41) is 7.51. The minimum absolute atomic E-state index is 0.0141. The second kappa shape index (κ2) is 5.28. The summed E-state index contributed by atoms with van der Waals surface area (Å²) in [6, 6.07) is 5.80. The molecule has 0 saturated heterocycles. The van der Waals surface area contributed by atoms with Crippen molar-refractivity contribution in [2.24, 2.45) is 0 Å². The number of thiophene rings is 1. The molecule has 1 aliphatic carbocycles. The minimum atomic E-state index is -0.272. The number of anilines is 1. The monoisotopic (exact) mass is 378 g/mol. The fourth-order valence-electron chi connectivity index (χ4n) is 3.20. The topological polar surface area (TPSA) is 50.4 Å². The van der Waals surface area contributed by atoms with Gasteiger partial charge in [0.25, 0.3) is 5.91 Å². The van der Waals surface area contributed by atoms with Gasteiger partial charge in [-0.2, -0.15) is 0 Å². The highest BCUT2D eigenvalue weighted by Crippen LogP contribution is 2.43. The van der Waals surface area contributed by atoms with Gasteiger partial charge in [0.1, 0.15) is 16.9 Å². The lowest BCUT2D eigenvalue weighted by Crippen LogP contribution is -2.38. The van der Waals surface area contributed by atoms with Gasteiger partial charge in [-0.05, 0) is 43.0 Å². The third-order valence-corrected chi connectivity index (χ3v) is 5.92. The van der Waals surface area contributed by atoms with Crippen molar-refractivity contribution in [2.75, 3.05) is 12.4 Å². The Bertz CT molecular complexity index is 772. The van der Waals surface area contributed by atoms with E-state index in [9.17, 15) is 4.79 Å². The molecule has 1 amide bonds. The van der Waals surface area contributed by atoms with Crippen molar-refractivity contribution >= 4 is 38.2 Å². The maximum atomic E-state index is 12.6. The maximum Gasteiger partial charge on any atom is 0.256 e. The van der Waals surface area contributed by atoms with E-state index in [-0.39, 0.29) is 12.1 Å². The molecule has 2 N–H and O–H groups in total. The second-order valence-electron chi connectivity index (χ2n) is 5.50. The van der Waals surface area contributed by atoms with E-state index < -0.39 is 0 Å². The van der Waals surface area contributed by atoms with Crippen LogP contribution >= 0.6 is 27.3 Å². The molecule has 1 aromatic heterocycles. The lowest BCUT2D eigenvalue weighted by Gasteiger charge is -2.27. The number of fused-ring (bicyclic) bond motifs is 3. The van der Waals surface area contributed by atoms with Gasteiger partial charge in [0.05, 0.1) is 12.7 Å². The predicted octanol–water partition coefficient (Wildman–Crippen LogP) is 3.86. The number of hydrogen-bond acceptors (Lipinski definition) is 4. The van der Waals surface area contributed by atoms with Crippen molar-refractivity contribution in [3.05, 3.63) is 44.2 Å². The molecule has 114 valence electrons. The Morgan fingerprint density at radius 2 is 2.18 bits per heavy atom. The largest absolute Gasteiger partial charge is 0.496 e. The predicted molar refractivity (Wildman–Crippen MR) is 90.9 cm³/mol. The van der Waals surface area contributed by atoms with Crippen molar-refractivity contribution in [3.63, 3.8) is 0 Å². The number of carbonyl (C=O) groups is 1. The van der Waals surface area contributed by atoms with E-state index in [1.165, 1.54) is 10.4 Å². The van der Waals surface area contributed by atoms with Gasteiger partial charge in [0.2, 0.25) is 0 Å². The number of hydrogen-bond donors (Lipinski definition) is 2. The summed E-state index contributed by atoms with van der Waals surface area (Å²) in [5.74, 6) is 0.772. The average molecular weight is 379 g/mol. The van der Waals surface area contributed by atoms with Crippen LogP contribution in [0.15, 0.2) is 22.7 Å². The zero-order valence-electron chi connectivity index (χ0n) is 12.0. The Morgan fingerprint density at radius 3 is 3.00 bits per heavy atom. The van der Waals surface area contributed by atoms with Crippen LogP contribution in [0.3, 0.4) is 0 Å². The van der Waals surface area contributed by atoms with Crippen LogP contribution in [0.4, 0.5) is 5.00 Å². The molecule has 22 heavy (non-hydrogen) atoms. The van der Waals surface area contributed by atoms with E-state index in [1.807, 2.05) is 18.2 Å². The molecule has 6 heteroatoms. The van der Waals surface area contributed by atoms with Gasteiger partial charge >= 0.3 is 0 Å². The molecule has 0 fully saturated rings. The van der Waals surface area contributed by atoms with E-state index in [0.29, 0.717) is 0 Å². The summed E-state index contributed by atoms with van der Waals surface area (Å²) < 4.78 is 6.39. The number of rotatable bonds is 2. The first-order chi connectivity index (χ1) is 10.7. The van der Waals surface area contributed by atoms with Crippen molar-refractivity contribution < 1.29 is 9.53 Å². The third kappa shape index (κ3) is 2.13. The molecule has 0 saturated carbocycles. The summed E-state index contributed by atoms with van der Waals surface area (Å²) in [5.41, 5.74) is 3.01. The molecule has 2 aliphatic rings. The Morgan fingerprint density at radius 1 is 1.32 bits per heavy atom. The molecule has 0 radical (unpaired) electrons. The van der Waals surface area contributed by atoms with E-state index in [4.69, 9.17) is 4.74 Å². The lowest BCUT2D eigenvalue weighted by molar-refractivity contribution is 0.0935. The fraction of sp³-hybridized carbons (Fsp3) is 0.312. The highest BCUT2D eigenvalue weighted by molar-refractivity contribution is 9.10. The summed E-state index contributed by atoms with van der Waals surface area (Å²) in [6.07, 6.45) is 2.99. The first-order valence-electron chi connectivity index (χ1n) is 7.22. The number of halogens is 1. The van der Waals surface area contributed by atoms with Gasteiger partial charge in [0.15, 0.2) is 0 Å². The number of amides is 1. The standard InChI is InChI=1S/C16H15BrN2O2S/c1-21-11-6-5-8(17)7-10(11)14-18-15(20)13-9-3-2-4-12(9)22-16(13)19-14/h5-7,14,19H,2-4H2,1H3,(H,18,20)/t14-/m1/s1. The molecule has 0 unspecified atom stereocenters. The smallest absolute Gasteiger partial charge is 0.256 e. The Balaban J connectivity index is 1.75. The van der Waals surface area contributed by atoms with Gasteiger partial charge in [-0.25, -0.2) is 0 Å². The molecule has 2 aromatic rings. The Hall–Kier alpha value is -1.53. The number of aryl methyl sites for hydroxylation is 1. The van der Waals surface area contributed by atoms with Gasteiger partial charge < -0.3 is 15.4 Å². The maximum absolute atomic E-state index is 12.6. The van der Waals surface area contributed by atoms with Crippen LogP contribution < -0.4 is 15.4 Å². The van der Waals surface area contributed by atoms with Crippen molar-refractivity contribution in [1.29, 1.82) is 0 Å². The second-order valence-corrected chi connectivity index (χ2v) is 7.52. The Kier molecular flexibility index (Phi) is 3.38. The first-order valence-corrected chi connectivity index (χ1v) is 8.83. The van der Waals surface area contributed by atoms with E-state index in [1.54, 1.807) is 18.4 Å². The highest BCUT2D eigenvalue weighted by Gasteiger charge is 2.33. The normalized spacial score (nSPS) is 19.2. The molecular weight excluding hydrogens is 364 g/mol. The molecule has 1 aromatic carbocycles. The highest BCUT2D eigenvalue weighted by atomic mass is 79.9. The number of carbonyl (C=O) groups excluding carboxylic acids is 1. The first kappa shape index (κ1) is 14.1. The zero-order valence-corrected chi connectivity index (χ0v) is 14.4. The molecule has 0 bridgehead atoms. The molecule has 4 nitrogen and oxygen atoms in total. The lowest BCUT2D eigenvalue weighted by atomic mass is 10.1. The number of nitrogens with one attached hydrogen (secondary N) is 2. The number of benzene rings is 1. The molecular formula is C16H15BrN2O2S. The van der Waals surface area contributed by atoms with Crippen LogP contribution in [0.5, 0.6) is 5.75 Å². The van der Waals surface area contributed by atoms with Crippen LogP contribution in [0, 0.1) is 0 Å². The molecule has 2 heterocycles. The van der Waals surface area contributed by atoms with Crippen molar-refractivity contribution in [2.45, 2.75) is 25.4 Å². The summed E-state index contributed by atoms with van der Waals surface area (Å²) in [4.78, 5) is 13.9. The summed E-state index contributed by atoms with van der Waals surface area (Å²) >= 11 is 5.20. The third-order valence-electron chi connectivity index (χ3n) is 4.20. The van der Waals surface area contributed by atoms with Gasteiger partial charge in [-0.1, -0.05) is 15.9 Å². The average Bonchev–Trinajstić information content (AvgIpc) is 3.07. The summed E-state index contributed by atoms with van der Waals surface area (Å²) in [7, 11) is 1.64. The van der Waals surface area contributed by atoms with Crippen LogP contribution in [-0.4, -0.2) is 13.0 Å². The SMILES string of the molecule is COc1ccc(Br)cc1[C@@H]1NC(=O)c2c(sc3c2CCC3)N1. The molecule has 4 rings (SSSR count). The van der Waals surface area contributed by atoms with Crippen molar-refractivity contribution in [3.8, 4) is 5.75 Å². The Labute approximate surface area is 141 Å². The summed E-state index contributed by atoms with van der Waals surface area (Å²) in [6.45, 7) is 0. The number of methoxy groups -OCH3 is 1. The van der Waals surface area contributed by atoms with Gasteiger partial charge in [-0.3, -0.25) is 4.79 Å². The molecule has 0 spiro atoms. The van der Waals surface area contributed by atoms with E-state index in [0.717, 1.165) is 45.6 Å². The van der Waals surface area contributed by atoms with Crippen LogP contribution in [0.25, 0.3) is 0 Å². The van der Waals surface area contributed by atoms with E-state index in [2.05, 4.69) is 26.6 Å². The number of ether oxygens (including phenoxy) is 1. The van der Waals surface area contributed by atoms with E-state index >= 15 is 0 Å². The minimum Gasteiger partial charge on any atom is -0.496 e. The molecule has 1 aliphatic heterocycles. The fourth-order valence-corrected chi connectivity index (χ4v) is 4.90. The zero-order chi connectivity index (χ0) is 15.3. The van der Waals surface area contributed by atoms with Crippen LogP contribution in [-0.2, 0) is 12.8 Å². The quantitative estimate of drug-likeness (QED) is 0.833. The van der Waals surface area contributed by atoms with Crippen LogP contribution in [0.1, 0.15) is 38.9 Å². The molecule has 1 atom stereocenters.